The quantitative estimate of drug-likeness (QED) is 0.558. The van der Waals surface area contributed by atoms with Crippen LogP contribution in [0.5, 0.6) is 0 Å². The Bertz CT molecular complexity index is 1060. The van der Waals surface area contributed by atoms with Gasteiger partial charge in [0.1, 0.15) is 5.52 Å². The first-order valence-electron chi connectivity index (χ1n) is 8.29. The molecule has 4 rings (SSSR count). The number of pyridine rings is 2. The minimum atomic E-state index is -0.562. The number of aliphatic hydroxyl groups is 1. The Morgan fingerprint density at radius 1 is 1.04 bits per heavy atom. The number of rotatable bonds is 3. The van der Waals surface area contributed by atoms with Crippen molar-refractivity contribution in [2.45, 2.75) is 19.4 Å². The molecule has 2 aromatic heterocycles. The molecule has 0 aliphatic carbocycles. The van der Waals surface area contributed by atoms with E-state index in [1.165, 1.54) is 0 Å². The van der Waals surface area contributed by atoms with E-state index in [2.05, 4.69) is 28.2 Å². The lowest BCUT2D eigenvalue weighted by Gasteiger charge is -2.12. The molecule has 0 saturated carbocycles. The summed E-state index contributed by atoms with van der Waals surface area (Å²) in [5.41, 5.74) is 10.7. The van der Waals surface area contributed by atoms with Crippen LogP contribution < -0.4 is 5.73 Å². The van der Waals surface area contributed by atoms with Crippen molar-refractivity contribution in [1.29, 1.82) is 0 Å². The number of anilines is 1. The van der Waals surface area contributed by atoms with Gasteiger partial charge in [-0.15, -0.1) is 0 Å². The molecule has 0 bridgehead atoms. The van der Waals surface area contributed by atoms with Gasteiger partial charge in [0, 0.05) is 23.4 Å². The van der Waals surface area contributed by atoms with Crippen molar-refractivity contribution in [3.63, 3.8) is 0 Å². The van der Waals surface area contributed by atoms with Gasteiger partial charge in [0.05, 0.1) is 11.6 Å². The van der Waals surface area contributed by atoms with Crippen molar-refractivity contribution < 1.29 is 5.11 Å². The van der Waals surface area contributed by atoms with Crippen LogP contribution in [0.1, 0.15) is 22.8 Å². The molecular weight excluding hydrogens is 310 g/mol. The smallest absolute Gasteiger partial charge is 0.150 e. The van der Waals surface area contributed by atoms with Crippen LogP contribution in [-0.2, 0) is 6.42 Å². The zero-order chi connectivity index (χ0) is 17.4. The maximum atomic E-state index is 10.5. The van der Waals surface area contributed by atoms with Crippen molar-refractivity contribution in [2.75, 3.05) is 5.73 Å². The van der Waals surface area contributed by atoms with Crippen molar-refractivity contribution in [2.24, 2.45) is 0 Å². The monoisotopic (exact) mass is 329 g/mol. The first-order valence-corrected chi connectivity index (χ1v) is 8.29. The second kappa shape index (κ2) is 6.15. The molecule has 2 heterocycles. The summed E-state index contributed by atoms with van der Waals surface area (Å²) in [6.45, 7) is 2.03. The summed E-state index contributed by atoms with van der Waals surface area (Å²) in [5, 5.41) is 12.5. The molecule has 1 unspecified atom stereocenters. The number of nitrogens with two attached hydrogens (primary N) is 1. The number of fused-ring (bicyclic) bond motifs is 3. The van der Waals surface area contributed by atoms with E-state index >= 15 is 0 Å². The largest absolute Gasteiger partial charge is 0.388 e. The standard InChI is InChI=1S/C21H19N3O/c1-13-7-8-16-17-10-14(11-19(25)15-5-3-2-4-6-15)12-23-20(17)21(22)24-18(16)9-13/h2-10,12,19,25H,11H2,1H3,(H2,22,24). The van der Waals surface area contributed by atoms with Gasteiger partial charge in [0.15, 0.2) is 5.82 Å². The number of nitrogen functional groups attached to an aromatic ring is 1. The van der Waals surface area contributed by atoms with Crippen LogP contribution in [0.25, 0.3) is 21.8 Å². The minimum absolute atomic E-state index is 0.434. The van der Waals surface area contributed by atoms with E-state index in [1.807, 2.05) is 43.3 Å². The molecule has 25 heavy (non-hydrogen) atoms. The number of nitrogens with zero attached hydrogens (tertiary/aromatic N) is 2. The highest BCUT2D eigenvalue weighted by atomic mass is 16.3. The van der Waals surface area contributed by atoms with Crippen LogP contribution in [0.2, 0.25) is 0 Å². The molecule has 0 saturated heterocycles. The fraction of sp³-hybridized carbons (Fsp3) is 0.143. The average Bonchev–Trinajstić information content (AvgIpc) is 2.62. The number of aromatic nitrogens is 2. The van der Waals surface area contributed by atoms with Gasteiger partial charge in [-0.3, -0.25) is 4.98 Å². The van der Waals surface area contributed by atoms with Crippen LogP contribution in [-0.4, -0.2) is 15.1 Å². The fourth-order valence-corrected chi connectivity index (χ4v) is 3.19. The summed E-state index contributed by atoms with van der Waals surface area (Å²) in [4.78, 5) is 8.97. The molecule has 124 valence electrons. The number of benzene rings is 2. The van der Waals surface area contributed by atoms with E-state index in [9.17, 15) is 5.11 Å². The maximum Gasteiger partial charge on any atom is 0.150 e. The zero-order valence-electron chi connectivity index (χ0n) is 14.0. The number of hydrogen-bond acceptors (Lipinski definition) is 4. The lowest BCUT2D eigenvalue weighted by molar-refractivity contribution is 0.178. The molecule has 2 aromatic carbocycles. The molecule has 4 heteroatoms. The predicted molar refractivity (Wildman–Crippen MR) is 101 cm³/mol. The highest BCUT2D eigenvalue weighted by molar-refractivity contribution is 6.08. The van der Waals surface area contributed by atoms with Gasteiger partial charge in [-0.25, -0.2) is 4.98 Å². The van der Waals surface area contributed by atoms with Gasteiger partial charge in [0.25, 0.3) is 0 Å². The highest BCUT2D eigenvalue weighted by Gasteiger charge is 2.12. The molecule has 0 amide bonds. The van der Waals surface area contributed by atoms with Crippen molar-refractivity contribution in [3.05, 3.63) is 77.5 Å². The topological polar surface area (TPSA) is 72.0 Å². The maximum absolute atomic E-state index is 10.5. The van der Waals surface area contributed by atoms with Crippen molar-refractivity contribution >= 4 is 27.6 Å². The van der Waals surface area contributed by atoms with Crippen LogP contribution in [0.15, 0.2) is 60.8 Å². The predicted octanol–water partition coefficient (Wildman–Crippen LogP) is 3.95. The molecule has 4 nitrogen and oxygen atoms in total. The van der Waals surface area contributed by atoms with Crippen LogP contribution in [0, 0.1) is 6.92 Å². The Balaban J connectivity index is 1.80. The molecule has 0 fully saturated rings. The molecule has 0 spiro atoms. The second-order valence-electron chi connectivity index (χ2n) is 6.39. The third-order valence-electron chi connectivity index (χ3n) is 4.48. The Labute approximate surface area is 146 Å². The van der Waals surface area contributed by atoms with E-state index in [0.717, 1.165) is 33.0 Å². The number of aryl methyl sites for hydroxylation is 1. The summed E-state index contributed by atoms with van der Waals surface area (Å²) in [5.74, 6) is 0.434. The molecule has 0 aliphatic rings. The summed E-state index contributed by atoms with van der Waals surface area (Å²) < 4.78 is 0. The van der Waals surface area contributed by atoms with Crippen LogP contribution in [0.4, 0.5) is 5.82 Å². The Morgan fingerprint density at radius 3 is 2.64 bits per heavy atom. The Hall–Kier alpha value is -2.98. The minimum Gasteiger partial charge on any atom is -0.388 e. The number of aliphatic hydroxyl groups excluding tert-OH is 1. The normalized spacial score (nSPS) is 12.6. The summed E-state index contributed by atoms with van der Waals surface area (Å²) in [6.07, 6.45) is 1.71. The molecule has 3 N–H and O–H groups in total. The van der Waals surface area contributed by atoms with Crippen molar-refractivity contribution in [1.82, 2.24) is 9.97 Å². The molecule has 4 aromatic rings. The molecule has 1 atom stereocenters. The van der Waals surface area contributed by atoms with E-state index in [0.29, 0.717) is 17.8 Å². The van der Waals surface area contributed by atoms with Gasteiger partial charge in [-0.05, 0) is 35.7 Å². The second-order valence-corrected chi connectivity index (χ2v) is 6.39. The van der Waals surface area contributed by atoms with Gasteiger partial charge in [-0.1, -0.05) is 42.5 Å². The highest BCUT2D eigenvalue weighted by Crippen LogP contribution is 2.29. The SMILES string of the molecule is Cc1ccc2c(c1)nc(N)c1ncc(CC(O)c3ccccc3)cc12. The van der Waals surface area contributed by atoms with E-state index in [-0.39, 0.29) is 0 Å². The first-order chi connectivity index (χ1) is 12.1. The van der Waals surface area contributed by atoms with E-state index in [4.69, 9.17) is 5.73 Å². The van der Waals surface area contributed by atoms with Crippen molar-refractivity contribution in [3.8, 4) is 0 Å². The Kier molecular flexibility index (Phi) is 3.82. The average molecular weight is 329 g/mol. The van der Waals surface area contributed by atoms with Gasteiger partial charge in [0.2, 0.25) is 0 Å². The fourth-order valence-electron chi connectivity index (χ4n) is 3.19. The Morgan fingerprint density at radius 2 is 1.84 bits per heavy atom. The molecule has 0 radical (unpaired) electrons. The van der Waals surface area contributed by atoms with E-state index in [1.54, 1.807) is 6.20 Å². The van der Waals surface area contributed by atoms with Crippen LogP contribution >= 0.6 is 0 Å². The number of hydrogen-bond donors (Lipinski definition) is 2. The van der Waals surface area contributed by atoms with Gasteiger partial charge >= 0.3 is 0 Å². The van der Waals surface area contributed by atoms with Crippen LogP contribution in [0.3, 0.4) is 0 Å². The molecule has 0 aliphatic heterocycles. The summed E-state index contributed by atoms with van der Waals surface area (Å²) in [7, 11) is 0. The molecular formula is C21H19N3O. The van der Waals surface area contributed by atoms with Gasteiger partial charge < -0.3 is 10.8 Å². The van der Waals surface area contributed by atoms with Gasteiger partial charge in [-0.2, -0.15) is 0 Å². The summed E-state index contributed by atoms with van der Waals surface area (Å²) in [6, 6.07) is 17.9. The van der Waals surface area contributed by atoms with E-state index < -0.39 is 6.10 Å². The zero-order valence-corrected chi connectivity index (χ0v) is 14.0. The third-order valence-corrected chi connectivity index (χ3v) is 4.48. The lowest BCUT2D eigenvalue weighted by Crippen LogP contribution is -2.03. The summed E-state index contributed by atoms with van der Waals surface area (Å²) >= 11 is 0. The first kappa shape index (κ1) is 15.5. The lowest BCUT2D eigenvalue weighted by atomic mass is 10.0. The third kappa shape index (κ3) is 2.92.